The summed E-state index contributed by atoms with van der Waals surface area (Å²) >= 11 is 2.73. The molecule has 0 radical (unpaired) electrons. The average molecular weight is 404 g/mol. The van der Waals surface area contributed by atoms with Gasteiger partial charge in [-0.3, -0.25) is 4.79 Å². The molecule has 0 fully saturated rings. The number of benzene rings is 1. The van der Waals surface area contributed by atoms with E-state index in [4.69, 9.17) is 0 Å². The van der Waals surface area contributed by atoms with Crippen LogP contribution in [0.3, 0.4) is 0 Å². The number of para-hydroxylation sites is 1. The van der Waals surface area contributed by atoms with Crippen molar-refractivity contribution >= 4 is 39.8 Å². The molecule has 27 heavy (non-hydrogen) atoms. The summed E-state index contributed by atoms with van der Waals surface area (Å²) in [5, 5.41) is 24.5. The van der Waals surface area contributed by atoms with Crippen LogP contribution in [0.5, 0.6) is 0 Å². The summed E-state index contributed by atoms with van der Waals surface area (Å²) in [6.45, 7) is 9.74. The maximum absolute atomic E-state index is 12.2. The molecule has 8 heteroatoms. The fourth-order valence-electron chi connectivity index (χ4n) is 2.38. The fourth-order valence-corrected chi connectivity index (χ4v) is 3.94. The molecule has 2 aromatic rings. The molecule has 0 aliphatic heterocycles. The lowest BCUT2D eigenvalue weighted by molar-refractivity contribution is -0.120. The van der Waals surface area contributed by atoms with Crippen molar-refractivity contribution in [1.82, 2.24) is 15.5 Å². The van der Waals surface area contributed by atoms with E-state index in [2.05, 4.69) is 52.9 Å². The second-order valence-electron chi connectivity index (χ2n) is 6.77. The molecule has 0 spiro atoms. The van der Waals surface area contributed by atoms with Crippen LogP contribution in [-0.2, 0) is 11.2 Å². The lowest BCUT2D eigenvalue weighted by Gasteiger charge is -2.27. The van der Waals surface area contributed by atoms with E-state index >= 15 is 0 Å². The number of hydrogen-bond acceptors (Lipinski definition) is 7. The molecule has 1 heterocycles. The number of aryl methyl sites for hydroxylation is 2. The second kappa shape index (κ2) is 9.20. The van der Waals surface area contributed by atoms with Crippen molar-refractivity contribution in [3.8, 4) is 6.07 Å². The van der Waals surface area contributed by atoms with Crippen LogP contribution in [-0.4, -0.2) is 27.4 Å². The van der Waals surface area contributed by atoms with Gasteiger partial charge in [0.25, 0.3) is 0 Å². The largest absolute Gasteiger partial charge is 0.337 e. The third-order valence-electron chi connectivity index (χ3n) is 4.49. The number of nitriles is 1. The smallest absolute Gasteiger partial charge is 0.231 e. The molecular formula is C19H25N5OS2. The maximum Gasteiger partial charge on any atom is 0.231 e. The number of nitrogens with zero attached hydrogens (tertiary/aromatic N) is 3. The molecule has 0 aliphatic rings. The predicted octanol–water partition coefficient (Wildman–Crippen LogP) is 4.30. The molecule has 1 aromatic carbocycles. The first kappa shape index (κ1) is 21.2. The van der Waals surface area contributed by atoms with Crippen molar-refractivity contribution in [2.45, 2.75) is 50.9 Å². The zero-order valence-electron chi connectivity index (χ0n) is 16.3. The Morgan fingerprint density at radius 2 is 2.15 bits per heavy atom. The van der Waals surface area contributed by atoms with E-state index in [1.165, 1.54) is 28.7 Å². The van der Waals surface area contributed by atoms with Gasteiger partial charge in [0, 0.05) is 5.69 Å². The van der Waals surface area contributed by atoms with Gasteiger partial charge in [0.05, 0.1) is 11.8 Å². The minimum Gasteiger partial charge on any atom is -0.337 e. The molecular weight excluding hydrogens is 378 g/mol. The van der Waals surface area contributed by atoms with Crippen molar-refractivity contribution < 1.29 is 4.79 Å². The highest BCUT2D eigenvalue weighted by Gasteiger charge is 2.29. The molecule has 2 N–H and O–H groups in total. The summed E-state index contributed by atoms with van der Waals surface area (Å²) in [7, 11) is 0. The lowest BCUT2D eigenvalue weighted by Crippen LogP contribution is -2.49. The number of carbonyl (C=O) groups excluding carboxylic acids is 1. The van der Waals surface area contributed by atoms with Gasteiger partial charge in [0.15, 0.2) is 4.34 Å². The Labute approximate surface area is 168 Å². The van der Waals surface area contributed by atoms with E-state index in [9.17, 15) is 10.1 Å². The van der Waals surface area contributed by atoms with Gasteiger partial charge in [-0.25, -0.2) is 0 Å². The topological polar surface area (TPSA) is 90.7 Å². The lowest BCUT2D eigenvalue weighted by atomic mass is 9.90. The minimum atomic E-state index is -0.868. The van der Waals surface area contributed by atoms with E-state index in [1.54, 1.807) is 6.92 Å². The van der Waals surface area contributed by atoms with Crippen LogP contribution in [0.15, 0.2) is 22.5 Å². The molecule has 144 valence electrons. The molecule has 0 saturated heterocycles. The molecule has 1 aromatic heterocycles. The minimum absolute atomic E-state index is 0.0238. The molecule has 2 rings (SSSR count). The molecule has 0 aliphatic carbocycles. The van der Waals surface area contributed by atoms with Crippen molar-refractivity contribution in [2.75, 3.05) is 11.1 Å². The van der Waals surface area contributed by atoms with Crippen LogP contribution in [0.1, 0.15) is 38.8 Å². The van der Waals surface area contributed by atoms with Crippen molar-refractivity contribution in [3.05, 3.63) is 29.3 Å². The molecule has 6 nitrogen and oxygen atoms in total. The van der Waals surface area contributed by atoms with Crippen LogP contribution in [0.4, 0.5) is 10.8 Å². The van der Waals surface area contributed by atoms with Crippen LogP contribution in [0, 0.1) is 24.2 Å². The van der Waals surface area contributed by atoms with Gasteiger partial charge in [-0.05, 0) is 37.3 Å². The van der Waals surface area contributed by atoms with Gasteiger partial charge in [-0.15, -0.1) is 10.2 Å². The van der Waals surface area contributed by atoms with Gasteiger partial charge in [-0.2, -0.15) is 5.26 Å². The number of carbonyl (C=O) groups is 1. The van der Waals surface area contributed by atoms with Crippen molar-refractivity contribution in [1.29, 1.82) is 5.26 Å². The van der Waals surface area contributed by atoms with E-state index in [-0.39, 0.29) is 17.6 Å². The maximum atomic E-state index is 12.2. The first-order chi connectivity index (χ1) is 12.8. The number of thioether (sulfide) groups is 1. The van der Waals surface area contributed by atoms with Crippen molar-refractivity contribution in [2.24, 2.45) is 5.92 Å². The Bertz CT molecular complexity index is 843. The summed E-state index contributed by atoms with van der Waals surface area (Å²) < 4.78 is 0.711. The number of hydrogen-bond donors (Lipinski definition) is 2. The standard InChI is InChI=1S/C19H25N5OS2/c1-6-14-9-7-8-13(4)16(14)21-17-23-24-18(27-17)26-10-15(25)22-19(5,11-20)12(2)3/h7-9,12H,6,10H2,1-5H3,(H,21,23)(H,22,25). The van der Waals surface area contributed by atoms with Gasteiger partial charge in [-0.1, -0.05) is 62.1 Å². The van der Waals surface area contributed by atoms with Crippen LogP contribution < -0.4 is 10.6 Å². The molecule has 0 saturated carbocycles. The Kier molecular flexibility index (Phi) is 7.22. The summed E-state index contributed by atoms with van der Waals surface area (Å²) in [6.07, 6.45) is 0.929. The van der Waals surface area contributed by atoms with Crippen LogP contribution in [0.25, 0.3) is 0 Å². The Morgan fingerprint density at radius 3 is 2.78 bits per heavy atom. The highest BCUT2D eigenvalue weighted by Crippen LogP contribution is 2.30. The van der Waals surface area contributed by atoms with E-state index in [1.807, 2.05) is 19.9 Å². The number of anilines is 2. The van der Waals surface area contributed by atoms with Gasteiger partial charge >= 0.3 is 0 Å². The summed E-state index contributed by atoms with van der Waals surface area (Å²) in [5.41, 5.74) is 2.57. The first-order valence-electron chi connectivity index (χ1n) is 8.83. The Hall–Kier alpha value is -2.11. The van der Waals surface area contributed by atoms with E-state index < -0.39 is 5.54 Å². The summed E-state index contributed by atoms with van der Waals surface area (Å²) in [6, 6.07) is 8.38. The van der Waals surface area contributed by atoms with Crippen LogP contribution >= 0.6 is 23.1 Å². The zero-order valence-corrected chi connectivity index (χ0v) is 17.9. The quantitative estimate of drug-likeness (QED) is 0.639. The third kappa shape index (κ3) is 5.44. The normalized spacial score (nSPS) is 13.1. The van der Waals surface area contributed by atoms with Crippen LogP contribution in [0.2, 0.25) is 0 Å². The number of nitrogens with one attached hydrogen (secondary N) is 2. The Morgan fingerprint density at radius 1 is 1.41 bits per heavy atom. The molecule has 0 bridgehead atoms. The molecule has 1 amide bonds. The SMILES string of the molecule is CCc1cccc(C)c1Nc1nnc(SCC(=O)NC(C)(C#N)C(C)C)s1. The number of amides is 1. The average Bonchev–Trinajstić information content (AvgIpc) is 3.09. The predicted molar refractivity (Wildman–Crippen MR) is 111 cm³/mol. The number of aromatic nitrogens is 2. The number of rotatable bonds is 8. The highest BCUT2D eigenvalue weighted by molar-refractivity contribution is 8.01. The fraction of sp³-hybridized carbons (Fsp3) is 0.474. The van der Waals surface area contributed by atoms with Crippen molar-refractivity contribution in [3.63, 3.8) is 0 Å². The zero-order chi connectivity index (χ0) is 20.0. The summed E-state index contributed by atoms with van der Waals surface area (Å²) in [4.78, 5) is 12.2. The monoisotopic (exact) mass is 403 g/mol. The second-order valence-corrected chi connectivity index (χ2v) is 8.97. The Balaban J connectivity index is 1.97. The van der Waals surface area contributed by atoms with Gasteiger partial charge < -0.3 is 10.6 Å². The van der Waals surface area contributed by atoms with E-state index in [0.29, 0.717) is 9.47 Å². The van der Waals surface area contributed by atoms with Gasteiger partial charge in [0.1, 0.15) is 5.54 Å². The molecule has 1 atom stereocenters. The van der Waals surface area contributed by atoms with E-state index in [0.717, 1.165) is 17.7 Å². The third-order valence-corrected chi connectivity index (χ3v) is 6.46. The highest BCUT2D eigenvalue weighted by atomic mass is 32.2. The molecule has 1 unspecified atom stereocenters. The van der Waals surface area contributed by atoms with Gasteiger partial charge in [0.2, 0.25) is 11.0 Å². The summed E-state index contributed by atoms with van der Waals surface area (Å²) in [5.74, 6) is 0.0358. The first-order valence-corrected chi connectivity index (χ1v) is 10.6.